The minimum Gasteiger partial charge on any atom is -0.504 e. The van der Waals surface area contributed by atoms with Gasteiger partial charge in [-0.05, 0) is 96.8 Å². The van der Waals surface area contributed by atoms with E-state index < -0.39 is 5.60 Å². The first-order chi connectivity index (χ1) is 19.4. The Bertz CT molecular complexity index is 1490. The van der Waals surface area contributed by atoms with Gasteiger partial charge in [-0.3, -0.25) is 0 Å². The van der Waals surface area contributed by atoms with Gasteiger partial charge in [0, 0.05) is 33.6 Å². The SMILES string of the molecule is CO[C@]12CC[C@@]3(C[C@@H]1COCc1cc4ccccc4s1)[C@H]1Cc4ccc(O)c5c4[C@@]3(CCC1(C)CC1CC1)[C@H]2O5. The monoisotopic (exact) mass is 556 g/mol. The van der Waals surface area contributed by atoms with Gasteiger partial charge < -0.3 is 19.3 Å². The molecule has 0 saturated heterocycles. The van der Waals surface area contributed by atoms with Crippen molar-refractivity contribution in [2.45, 2.75) is 88.4 Å². The van der Waals surface area contributed by atoms with Gasteiger partial charge in [0.15, 0.2) is 11.5 Å². The van der Waals surface area contributed by atoms with Crippen LogP contribution in [0.1, 0.15) is 74.3 Å². The average molecular weight is 557 g/mol. The molecule has 3 aromatic rings. The van der Waals surface area contributed by atoms with Gasteiger partial charge in [-0.25, -0.2) is 0 Å². The summed E-state index contributed by atoms with van der Waals surface area (Å²) in [6.07, 6.45) is 11.1. The molecule has 5 fully saturated rings. The lowest BCUT2D eigenvalue weighted by atomic mass is 9.29. The number of fused-ring (bicyclic) bond motifs is 3. The van der Waals surface area contributed by atoms with Crippen molar-refractivity contribution >= 4 is 21.4 Å². The Labute approximate surface area is 241 Å². The number of thiophene rings is 1. The minimum absolute atomic E-state index is 0.0549. The molecule has 6 aliphatic carbocycles. The largest absolute Gasteiger partial charge is 0.504 e. The van der Waals surface area contributed by atoms with Gasteiger partial charge in [-0.15, -0.1) is 11.3 Å². The third-order valence-electron chi connectivity index (χ3n) is 12.8. The summed E-state index contributed by atoms with van der Waals surface area (Å²) in [7, 11) is 1.90. The highest BCUT2D eigenvalue weighted by Crippen LogP contribution is 2.81. The van der Waals surface area contributed by atoms with Crippen LogP contribution in [0.5, 0.6) is 11.5 Å². The molecule has 40 heavy (non-hydrogen) atoms. The number of phenols is 1. The van der Waals surface area contributed by atoms with Crippen LogP contribution >= 0.6 is 11.3 Å². The fourth-order valence-corrected chi connectivity index (χ4v) is 12.2. The van der Waals surface area contributed by atoms with Crippen LogP contribution in [-0.2, 0) is 27.9 Å². The third-order valence-corrected chi connectivity index (χ3v) is 13.9. The Morgan fingerprint density at radius 2 is 1.95 bits per heavy atom. The van der Waals surface area contributed by atoms with Gasteiger partial charge >= 0.3 is 0 Å². The van der Waals surface area contributed by atoms with E-state index in [2.05, 4.69) is 43.3 Å². The molecule has 0 amide bonds. The van der Waals surface area contributed by atoms with Crippen molar-refractivity contribution < 1.29 is 19.3 Å². The zero-order valence-electron chi connectivity index (χ0n) is 23.7. The highest BCUT2D eigenvalue weighted by Gasteiger charge is 2.81. The molecule has 1 unspecified atom stereocenters. The van der Waals surface area contributed by atoms with E-state index in [4.69, 9.17) is 14.2 Å². The molecule has 7 aliphatic rings. The molecule has 10 rings (SSSR count). The van der Waals surface area contributed by atoms with Crippen molar-refractivity contribution in [1.29, 1.82) is 0 Å². The molecule has 1 aliphatic heterocycles. The molecule has 4 nitrogen and oxygen atoms in total. The van der Waals surface area contributed by atoms with E-state index in [9.17, 15) is 5.11 Å². The molecule has 7 atom stereocenters. The lowest BCUT2D eigenvalue weighted by Gasteiger charge is -2.75. The van der Waals surface area contributed by atoms with Crippen molar-refractivity contribution in [2.24, 2.45) is 28.6 Å². The second-order valence-electron chi connectivity index (χ2n) is 14.5. The molecule has 5 heteroatoms. The molecule has 4 bridgehead atoms. The highest BCUT2D eigenvalue weighted by atomic mass is 32.1. The summed E-state index contributed by atoms with van der Waals surface area (Å²) in [5.74, 6) is 2.93. The summed E-state index contributed by atoms with van der Waals surface area (Å²) in [6.45, 7) is 3.97. The second-order valence-corrected chi connectivity index (χ2v) is 15.6. The van der Waals surface area contributed by atoms with Crippen molar-refractivity contribution in [3.05, 3.63) is 58.5 Å². The standard InChI is InChI=1S/C35H40O4S/c1-32(17-21-7-8-21)11-13-34-29-23-9-10-26(36)30(29)39-31(34)35(37-2)14-12-33(34,28(32)16-23)18-24(35)19-38-20-25-15-22-5-3-4-6-27(22)40-25/h3-6,9-10,15,21,24,28,31,36H,7-8,11-14,16-20H2,1-2H3/t24-,28+,31-,32?,33-,34+,35-/m1/s1. The molecule has 1 N–H and O–H groups in total. The maximum atomic E-state index is 11.1. The van der Waals surface area contributed by atoms with Crippen LogP contribution in [0.15, 0.2) is 42.5 Å². The molecule has 0 radical (unpaired) electrons. The van der Waals surface area contributed by atoms with Gasteiger partial charge in [-0.1, -0.05) is 44.0 Å². The number of phenolic OH excluding ortho intramolecular Hbond substituents is 1. The maximum absolute atomic E-state index is 11.1. The quantitative estimate of drug-likeness (QED) is 0.323. The normalized spacial score (nSPS) is 40.3. The molecule has 2 spiro atoms. The predicted octanol–water partition coefficient (Wildman–Crippen LogP) is 7.78. The molecule has 2 heterocycles. The van der Waals surface area contributed by atoms with Crippen LogP contribution in [0, 0.1) is 28.6 Å². The number of benzene rings is 2. The fourth-order valence-electron chi connectivity index (χ4n) is 11.2. The van der Waals surface area contributed by atoms with Crippen molar-refractivity contribution in [3.8, 4) is 11.5 Å². The van der Waals surface area contributed by atoms with Crippen LogP contribution in [0.25, 0.3) is 10.1 Å². The van der Waals surface area contributed by atoms with Crippen LogP contribution in [0.2, 0.25) is 0 Å². The first-order valence-corrected chi connectivity index (χ1v) is 16.4. The molecule has 5 saturated carbocycles. The van der Waals surface area contributed by atoms with E-state index in [1.165, 1.54) is 58.2 Å². The van der Waals surface area contributed by atoms with Crippen LogP contribution < -0.4 is 4.74 Å². The Hall–Kier alpha value is -2.08. The predicted molar refractivity (Wildman–Crippen MR) is 157 cm³/mol. The zero-order valence-corrected chi connectivity index (χ0v) is 24.5. The molecule has 210 valence electrons. The van der Waals surface area contributed by atoms with Gasteiger partial charge in [0.1, 0.15) is 11.7 Å². The van der Waals surface area contributed by atoms with Gasteiger partial charge in [0.05, 0.1) is 13.2 Å². The molecule has 1 aromatic heterocycles. The summed E-state index contributed by atoms with van der Waals surface area (Å²) in [5, 5.41) is 12.4. The first-order valence-electron chi connectivity index (χ1n) is 15.5. The summed E-state index contributed by atoms with van der Waals surface area (Å²) in [4.78, 5) is 1.29. The zero-order chi connectivity index (χ0) is 26.9. The first kappa shape index (κ1) is 24.5. The van der Waals surface area contributed by atoms with Crippen LogP contribution in [0.4, 0.5) is 0 Å². The number of hydrogen-bond donors (Lipinski definition) is 1. The average Bonchev–Trinajstić information content (AvgIpc) is 3.53. The van der Waals surface area contributed by atoms with E-state index in [0.29, 0.717) is 30.3 Å². The van der Waals surface area contributed by atoms with E-state index in [1.807, 2.05) is 24.5 Å². The Morgan fingerprint density at radius 3 is 2.77 bits per heavy atom. The summed E-state index contributed by atoms with van der Waals surface area (Å²) >= 11 is 1.84. The van der Waals surface area contributed by atoms with Crippen LogP contribution in [-0.4, -0.2) is 30.5 Å². The molecule has 2 aromatic carbocycles. The van der Waals surface area contributed by atoms with Crippen molar-refractivity contribution in [2.75, 3.05) is 13.7 Å². The summed E-state index contributed by atoms with van der Waals surface area (Å²) in [6, 6.07) is 15.0. The summed E-state index contributed by atoms with van der Waals surface area (Å²) in [5.41, 5.74) is 2.88. The van der Waals surface area contributed by atoms with E-state index in [1.54, 1.807) is 0 Å². The number of methoxy groups -OCH3 is 1. The Morgan fingerprint density at radius 1 is 1.07 bits per heavy atom. The Balaban J connectivity index is 1.12. The smallest absolute Gasteiger partial charge is 0.165 e. The lowest BCUT2D eigenvalue weighted by molar-refractivity contribution is -0.294. The topological polar surface area (TPSA) is 47.9 Å². The van der Waals surface area contributed by atoms with Crippen molar-refractivity contribution in [3.63, 3.8) is 0 Å². The second kappa shape index (κ2) is 8.05. The van der Waals surface area contributed by atoms with Crippen molar-refractivity contribution in [1.82, 2.24) is 0 Å². The van der Waals surface area contributed by atoms with E-state index >= 15 is 0 Å². The number of aromatic hydroxyl groups is 1. The van der Waals surface area contributed by atoms with Gasteiger partial charge in [-0.2, -0.15) is 0 Å². The third kappa shape index (κ3) is 2.90. The maximum Gasteiger partial charge on any atom is 0.165 e. The fraction of sp³-hybridized carbons (Fsp3) is 0.600. The number of rotatable bonds is 7. The molecular weight excluding hydrogens is 516 g/mol. The number of hydrogen-bond acceptors (Lipinski definition) is 5. The molecular formula is C35H40O4S. The van der Waals surface area contributed by atoms with E-state index in [-0.39, 0.29) is 22.9 Å². The highest BCUT2D eigenvalue weighted by molar-refractivity contribution is 7.19. The minimum atomic E-state index is -0.392. The summed E-state index contributed by atoms with van der Waals surface area (Å²) < 4.78 is 21.6. The Kier molecular flexibility index (Phi) is 4.93. The van der Waals surface area contributed by atoms with E-state index in [0.717, 1.165) is 37.4 Å². The van der Waals surface area contributed by atoms with Gasteiger partial charge in [0.25, 0.3) is 0 Å². The lowest BCUT2D eigenvalue weighted by Crippen LogP contribution is -2.79. The number of ether oxygens (including phenoxy) is 3. The van der Waals surface area contributed by atoms with Crippen LogP contribution in [0.3, 0.4) is 0 Å². The van der Waals surface area contributed by atoms with Gasteiger partial charge in [0.2, 0.25) is 0 Å².